The summed E-state index contributed by atoms with van der Waals surface area (Å²) in [6.07, 6.45) is 1.73. The number of halogens is 1. The number of aryl methyl sites for hydroxylation is 2. The molecule has 4 nitrogen and oxygen atoms in total. The first-order chi connectivity index (χ1) is 8.56. The van der Waals surface area contributed by atoms with Gasteiger partial charge in [0.1, 0.15) is 0 Å². The highest BCUT2D eigenvalue weighted by Gasteiger charge is 2.11. The molecule has 2 aromatic rings. The quantitative estimate of drug-likeness (QED) is 0.946. The summed E-state index contributed by atoms with van der Waals surface area (Å²) in [6, 6.07) is 7.86. The molecule has 94 valence electrons. The molecule has 0 atom stereocenters. The maximum atomic E-state index is 11.9. The van der Waals surface area contributed by atoms with Crippen LogP contribution < -0.4 is 5.32 Å². The van der Waals surface area contributed by atoms with Gasteiger partial charge < -0.3 is 5.32 Å². The molecule has 0 aliphatic rings. The highest BCUT2D eigenvalue weighted by molar-refractivity contribution is 9.10. The Morgan fingerprint density at radius 3 is 2.61 bits per heavy atom. The first-order valence-electron chi connectivity index (χ1n) is 5.59. The number of rotatable bonds is 3. The predicted octanol–water partition coefficient (Wildman–Crippen LogP) is 2.42. The minimum atomic E-state index is -0.0940. The Balaban J connectivity index is 2.00. The van der Waals surface area contributed by atoms with E-state index in [0.717, 1.165) is 15.7 Å². The number of amides is 1. The third-order valence-corrected chi connectivity index (χ3v) is 3.15. The molecule has 1 aromatic carbocycles. The summed E-state index contributed by atoms with van der Waals surface area (Å²) < 4.78 is 2.67. The molecule has 5 heteroatoms. The van der Waals surface area contributed by atoms with E-state index in [9.17, 15) is 4.79 Å². The Hall–Kier alpha value is -1.62. The van der Waals surface area contributed by atoms with Crippen LogP contribution >= 0.6 is 15.9 Å². The van der Waals surface area contributed by atoms with Crippen molar-refractivity contribution in [3.63, 3.8) is 0 Å². The average Bonchev–Trinajstić information content (AvgIpc) is 2.67. The Bertz CT molecular complexity index is 560. The van der Waals surface area contributed by atoms with Gasteiger partial charge in [0.25, 0.3) is 5.91 Å². The average molecular weight is 308 g/mol. The lowest BCUT2D eigenvalue weighted by Crippen LogP contribution is -2.23. The van der Waals surface area contributed by atoms with E-state index < -0.39 is 0 Å². The monoisotopic (exact) mass is 307 g/mol. The minimum absolute atomic E-state index is 0.0940. The number of nitrogens with zero attached hydrogens (tertiary/aromatic N) is 2. The van der Waals surface area contributed by atoms with Gasteiger partial charge in [-0.1, -0.05) is 28.1 Å². The summed E-state index contributed by atoms with van der Waals surface area (Å²) in [7, 11) is 1.80. The predicted molar refractivity (Wildman–Crippen MR) is 73.3 cm³/mol. The third kappa shape index (κ3) is 2.98. The molecule has 2 rings (SSSR count). The van der Waals surface area contributed by atoms with Crippen molar-refractivity contribution in [2.75, 3.05) is 0 Å². The summed E-state index contributed by atoms with van der Waals surface area (Å²) in [6.45, 7) is 2.34. The van der Waals surface area contributed by atoms with E-state index in [-0.39, 0.29) is 5.91 Å². The second-order valence-corrected chi connectivity index (χ2v) is 5.03. The van der Waals surface area contributed by atoms with Gasteiger partial charge in [0.05, 0.1) is 11.3 Å². The van der Waals surface area contributed by atoms with Gasteiger partial charge in [-0.3, -0.25) is 9.48 Å². The zero-order valence-electron chi connectivity index (χ0n) is 10.3. The van der Waals surface area contributed by atoms with Gasteiger partial charge in [-0.25, -0.2) is 0 Å². The van der Waals surface area contributed by atoms with E-state index in [1.54, 1.807) is 17.9 Å². The molecule has 0 aliphatic carbocycles. The van der Waals surface area contributed by atoms with Crippen LogP contribution in [0.15, 0.2) is 34.9 Å². The zero-order valence-corrected chi connectivity index (χ0v) is 11.9. The van der Waals surface area contributed by atoms with Gasteiger partial charge in [0.2, 0.25) is 0 Å². The van der Waals surface area contributed by atoms with Crippen LogP contribution in [0.25, 0.3) is 0 Å². The molecular formula is C13H14BrN3O. The van der Waals surface area contributed by atoms with Gasteiger partial charge in [-0.2, -0.15) is 5.10 Å². The molecule has 1 amide bonds. The van der Waals surface area contributed by atoms with Gasteiger partial charge in [0, 0.05) is 24.3 Å². The second kappa shape index (κ2) is 5.35. The molecule has 0 radical (unpaired) electrons. The van der Waals surface area contributed by atoms with Crippen molar-refractivity contribution < 1.29 is 4.79 Å². The number of benzene rings is 1. The number of carbonyl (C=O) groups is 1. The van der Waals surface area contributed by atoms with E-state index in [2.05, 4.69) is 26.3 Å². The summed E-state index contributed by atoms with van der Waals surface area (Å²) in [5.74, 6) is -0.0940. The van der Waals surface area contributed by atoms with Gasteiger partial charge in [-0.15, -0.1) is 0 Å². The van der Waals surface area contributed by atoms with Gasteiger partial charge in [0.15, 0.2) is 0 Å². The molecule has 0 fully saturated rings. The van der Waals surface area contributed by atoms with E-state index in [4.69, 9.17) is 0 Å². The van der Waals surface area contributed by atoms with Crippen LogP contribution in [0.4, 0.5) is 0 Å². The Kier molecular flexibility index (Phi) is 3.81. The molecule has 0 bridgehead atoms. The smallest absolute Gasteiger partial charge is 0.255 e. The summed E-state index contributed by atoms with van der Waals surface area (Å²) in [5.41, 5.74) is 2.42. The molecule has 18 heavy (non-hydrogen) atoms. The summed E-state index contributed by atoms with van der Waals surface area (Å²) in [4.78, 5) is 11.9. The fourth-order valence-electron chi connectivity index (χ4n) is 1.70. The van der Waals surface area contributed by atoms with Gasteiger partial charge >= 0.3 is 0 Å². The number of hydrogen-bond acceptors (Lipinski definition) is 2. The normalized spacial score (nSPS) is 10.4. The number of nitrogens with one attached hydrogen (secondary N) is 1. The van der Waals surface area contributed by atoms with E-state index in [1.165, 1.54) is 0 Å². The van der Waals surface area contributed by atoms with Crippen LogP contribution in [0.3, 0.4) is 0 Å². The molecule has 0 saturated heterocycles. The van der Waals surface area contributed by atoms with Crippen LogP contribution in [0.5, 0.6) is 0 Å². The Labute approximate surface area is 114 Å². The second-order valence-electron chi connectivity index (χ2n) is 4.11. The van der Waals surface area contributed by atoms with E-state index in [1.807, 2.05) is 31.2 Å². The first kappa shape index (κ1) is 12.8. The standard InChI is InChI=1S/C13H14BrN3O/c1-9-12(8-17(2)16-9)13(18)15-7-10-3-5-11(14)6-4-10/h3-6,8H,7H2,1-2H3,(H,15,18). The maximum Gasteiger partial charge on any atom is 0.255 e. The van der Waals surface area contributed by atoms with Crippen LogP contribution in [0.1, 0.15) is 21.6 Å². The Morgan fingerprint density at radius 1 is 1.39 bits per heavy atom. The lowest BCUT2D eigenvalue weighted by atomic mass is 10.2. The fraction of sp³-hybridized carbons (Fsp3) is 0.231. The highest BCUT2D eigenvalue weighted by atomic mass is 79.9. The first-order valence-corrected chi connectivity index (χ1v) is 6.38. The lowest BCUT2D eigenvalue weighted by molar-refractivity contribution is 0.0950. The van der Waals surface area contributed by atoms with Crippen molar-refractivity contribution in [3.05, 3.63) is 51.8 Å². The van der Waals surface area contributed by atoms with Crippen molar-refractivity contribution in [2.45, 2.75) is 13.5 Å². The zero-order chi connectivity index (χ0) is 13.1. The number of carbonyl (C=O) groups excluding carboxylic acids is 1. The van der Waals surface area contributed by atoms with Gasteiger partial charge in [-0.05, 0) is 24.6 Å². The molecule has 0 saturated carbocycles. The van der Waals surface area contributed by atoms with Crippen molar-refractivity contribution in [3.8, 4) is 0 Å². The molecule has 0 spiro atoms. The van der Waals surface area contributed by atoms with Crippen molar-refractivity contribution in [1.82, 2.24) is 15.1 Å². The summed E-state index contributed by atoms with van der Waals surface area (Å²) in [5, 5.41) is 7.03. The molecule has 1 N–H and O–H groups in total. The van der Waals surface area contributed by atoms with Crippen LogP contribution in [0, 0.1) is 6.92 Å². The van der Waals surface area contributed by atoms with Crippen LogP contribution in [0.2, 0.25) is 0 Å². The van der Waals surface area contributed by atoms with E-state index >= 15 is 0 Å². The molecular weight excluding hydrogens is 294 g/mol. The molecule has 1 heterocycles. The minimum Gasteiger partial charge on any atom is -0.348 e. The maximum absolute atomic E-state index is 11.9. The van der Waals surface area contributed by atoms with Crippen molar-refractivity contribution in [2.24, 2.45) is 7.05 Å². The summed E-state index contributed by atoms with van der Waals surface area (Å²) >= 11 is 3.38. The lowest BCUT2D eigenvalue weighted by Gasteiger charge is -2.04. The third-order valence-electron chi connectivity index (χ3n) is 2.62. The van der Waals surface area contributed by atoms with Crippen molar-refractivity contribution >= 4 is 21.8 Å². The molecule has 0 unspecified atom stereocenters. The SMILES string of the molecule is Cc1nn(C)cc1C(=O)NCc1ccc(Br)cc1. The van der Waals surface area contributed by atoms with Crippen LogP contribution in [-0.4, -0.2) is 15.7 Å². The fourth-order valence-corrected chi connectivity index (χ4v) is 1.97. The van der Waals surface area contributed by atoms with Crippen molar-refractivity contribution in [1.29, 1.82) is 0 Å². The topological polar surface area (TPSA) is 46.9 Å². The number of hydrogen-bond donors (Lipinski definition) is 1. The molecule has 0 aliphatic heterocycles. The van der Waals surface area contributed by atoms with E-state index in [0.29, 0.717) is 12.1 Å². The Morgan fingerprint density at radius 2 is 2.06 bits per heavy atom. The molecule has 1 aromatic heterocycles. The highest BCUT2D eigenvalue weighted by Crippen LogP contribution is 2.10. The largest absolute Gasteiger partial charge is 0.348 e. The number of aromatic nitrogens is 2. The van der Waals surface area contributed by atoms with Crippen LogP contribution in [-0.2, 0) is 13.6 Å².